The van der Waals surface area contributed by atoms with Gasteiger partial charge in [-0.3, -0.25) is 0 Å². The Morgan fingerprint density at radius 2 is 1.11 bits per heavy atom. The van der Waals surface area contributed by atoms with Crippen LogP contribution in [0.25, 0.3) is 33.0 Å². The van der Waals surface area contributed by atoms with E-state index in [4.69, 9.17) is 0 Å². The van der Waals surface area contributed by atoms with Crippen LogP contribution in [-0.2, 0) is 10.8 Å². The third kappa shape index (κ3) is 2.77. The van der Waals surface area contributed by atoms with E-state index >= 15 is 0 Å². The molecule has 2 aliphatic carbocycles. The monoisotopic (exact) mass is 465 g/mol. The van der Waals surface area contributed by atoms with Crippen molar-refractivity contribution in [2.45, 2.75) is 45.4 Å². The minimum atomic E-state index is -0.0680. The van der Waals surface area contributed by atoms with E-state index < -0.39 is 0 Å². The SMILES string of the molecule is Cc1cc2c(c3ccccc13)-c1cc3c(cc1C2(C)C)-c1ccc(Nc2ccccc2)cc1C3(C)C. The van der Waals surface area contributed by atoms with Gasteiger partial charge in [0, 0.05) is 22.2 Å². The summed E-state index contributed by atoms with van der Waals surface area (Å²) in [5, 5.41) is 6.33. The fraction of sp³-hybridized carbons (Fsp3) is 0.200. The molecule has 0 amide bonds. The standard InChI is InChI=1S/C35H31N/c1-21-17-32-33(26-14-10-9-13-24(21)26)28-20-30-27(19-31(28)35(32,4)5)25-16-15-23(18-29(25)34(30,2)3)36-22-11-7-6-8-12-22/h6-20,36H,1-5H3. The highest BCUT2D eigenvalue weighted by Crippen LogP contribution is 2.57. The summed E-state index contributed by atoms with van der Waals surface area (Å²) in [7, 11) is 0. The Hall–Kier alpha value is -3.84. The van der Waals surface area contributed by atoms with Gasteiger partial charge in [-0.15, -0.1) is 0 Å². The first-order valence-electron chi connectivity index (χ1n) is 13.0. The number of hydrogen-bond donors (Lipinski definition) is 1. The lowest BCUT2D eigenvalue weighted by Crippen LogP contribution is -2.17. The first-order chi connectivity index (χ1) is 17.3. The van der Waals surface area contributed by atoms with Crippen LogP contribution >= 0.6 is 0 Å². The van der Waals surface area contributed by atoms with E-state index in [9.17, 15) is 0 Å². The molecule has 0 atom stereocenters. The summed E-state index contributed by atoms with van der Waals surface area (Å²) in [5.74, 6) is 0. The van der Waals surface area contributed by atoms with Crippen LogP contribution < -0.4 is 5.32 Å². The largest absolute Gasteiger partial charge is 0.356 e. The van der Waals surface area contributed by atoms with Crippen molar-refractivity contribution in [2.75, 3.05) is 5.32 Å². The lowest BCUT2D eigenvalue weighted by Gasteiger charge is -2.24. The van der Waals surface area contributed by atoms with E-state index in [-0.39, 0.29) is 10.8 Å². The average Bonchev–Trinajstić information content (AvgIpc) is 3.23. The molecule has 1 N–H and O–H groups in total. The van der Waals surface area contributed by atoms with Gasteiger partial charge in [0.1, 0.15) is 0 Å². The zero-order valence-corrected chi connectivity index (χ0v) is 21.7. The maximum absolute atomic E-state index is 3.59. The van der Waals surface area contributed by atoms with Crippen molar-refractivity contribution in [2.24, 2.45) is 0 Å². The number of hydrogen-bond acceptors (Lipinski definition) is 1. The van der Waals surface area contributed by atoms with Crippen LogP contribution in [0.15, 0.2) is 91.0 Å². The second-order valence-corrected chi connectivity index (χ2v) is 11.6. The predicted octanol–water partition coefficient (Wildman–Crippen LogP) is 9.50. The lowest BCUT2D eigenvalue weighted by atomic mass is 9.79. The number of nitrogens with one attached hydrogen (secondary N) is 1. The number of aryl methyl sites for hydroxylation is 1. The van der Waals surface area contributed by atoms with Crippen LogP contribution in [0.3, 0.4) is 0 Å². The van der Waals surface area contributed by atoms with Gasteiger partial charge in [0.25, 0.3) is 0 Å². The third-order valence-corrected chi connectivity index (χ3v) is 8.74. The van der Waals surface area contributed by atoms with Crippen LogP contribution in [0.1, 0.15) is 55.5 Å². The normalized spacial score (nSPS) is 15.8. The van der Waals surface area contributed by atoms with Gasteiger partial charge in [-0.1, -0.05) is 82.3 Å². The molecule has 176 valence electrons. The van der Waals surface area contributed by atoms with Crippen molar-refractivity contribution >= 4 is 22.1 Å². The number of rotatable bonds is 2. The minimum Gasteiger partial charge on any atom is -0.356 e. The molecular formula is C35H31N. The summed E-state index contributed by atoms with van der Waals surface area (Å²) in [4.78, 5) is 0. The van der Waals surface area contributed by atoms with E-state index in [1.165, 1.54) is 60.8 Å². The smallest absolute Gasteiger partial charge is 0.0387 e. The molecule has 0 aromatic heterocycles. The number of anilines is 2. The lowest BCUT2D eigenvalue weighted by molar-refractivity contribution is 0.652. The van der Waals surface area contributed by atoms with Gasteiger partial charge in [0.2, 0.25) is 0 Å². The second kappa shape index (κ2) is 7.11. The highest BCUT2D eigenvalue weighted by atomic mass is 14.9. The van der Waals surface area contributed by atoms with Gasteiger partial charge in [0.05, 0.1) is 0 Å². The highest BCUT2D eigenvalue weighted by Gasteiger charge is 2.42. The van der Waals surface area contributed by atoms with Crippen molar-refractivity contribution in [1.82, 2.24) is 0 Å². The molecule has 0 saturated heterocycles. The molecule has 0 radical (unpaired) electrons. The quantitative estimate of drug-likeness (QED) is 0.274. The summed E-state index contributed by atoms with van der Waals surface area (Å²) >= 11 is 0. The van der Waals surface area contributed by atoms with Gasteiger partial charge in [0.15, 0.2) is 0 Å². The Bertz CT molecular complexity index is 1700. The molecule has 7 rings (SSSR count). The van der Waals surface area contributed by atoms with E-state index in [0.717, 1.165) is 11.4 Å². The van der Waals surface area contributed by atoms with Crippen LogP contribution in [-0.4, -0.2) is 0 Å². The van der Waals surface area contributed by atoms with E-state index in [1.54, 1.807) is 0 Å². The molecule has 2 aliphatic rings. The molecule has 0 heterocycles. The van der Waals surface area contributed by atoms with Crippen molar-refractivity contribution in [3.63, 3.8) is 0 Å². The molecule has 0 fully saturated rings. The molecule has 0 saturated carbocycles. The fourth-order valence-electron chi connectivity index (χ4n) is 6.76. The second-order valence-electron chi connectivity index (χ2n) is 11.6. The Morgan fingerprint density at radius 1 is 0.500 bits per heavy atom. The summed E-state index contributed by atoms with van der Waals surface area (Å²) in [6, 6.07) is 33.7. The van der Waals surface area contributed by atoms with E-state index in [2.05, 4.69) is 131 Å². The number of fused-ring (bicyclic) bond motifs is 8. The third-order valence-electron chi connectivity index (χ3n) is 8.74. The van der Waals surface area contributed by atoms with Crippen LogP contribution in [0.2, 0.25) is 0 Å². The van der Waals surface area contributed by atoms with Crippen molar-refractivity contribution in [3.8, 4) is 22.3 Å². The van der Waals surface area contributed by atoms with E-state index in [1.807, 2.05) is 0 Å². The Kier molecular flexibility index (Phi) is 4.23. The van der Waals surface area contributed by atoms with Crippen molar-refractivity contribution in [1.29, 1.82) is 0 Å². The molecule has 5 aromatic rings. The molecule has 0 spiro atoms. The van der Waals surface area contributed by atoms with E-state index in [0.29, 0.717) is 0 Å². The maximum Gasteiger partial charge on any atom is 0.0387 e. The summed E-state index contributed by atoms with van der Waals surface area (Å²) in [6.07, 6.45) is 0. The van der Waals surface area contributed by atoms with Crippen LogP contribution in [0, 0.1) is 6.92 Å². The molecule has 1 nitrogen and oxygen atoms in total. The Balaban J connectivity index is 1.43. The molecule has 36 heavy (non-hydrogen) atoms. The number of benzene rings is 5. The first-order valence-corrected chi connectivity index (χ1v) is 13.0. The van der Waals surface area contributed by atoms with Gasteiger partial charge < -0.3 is 5.32 Å². The molecule has 0 aliphatic heterocycles. The first kappa shape index (κ1) is 21.4. The molecule has 1 heteroatoms. The molecule has 0 unspecified atom stereocenters. The van der Waals surface area contributed by atoms with Crippen molar-refractivity contribution in [3.05, 3.63) is 119 Å². The minimum absolute atomic E-state index is 0.0316. The summed E-state index contributed by atoms with van der Waals surface area (Å²) < 4.78 is 0. The Morgan fingerprint density at radius 3 is 1.89 bits per heavy atom. The maximum atomic E-state index is 3.59. The van der Waals surface area contributed by atoms with Crippen LogP contribution in [0.5, 0.6) is 0 Å². The Labute approximate surface area is 213 Å². The summed E-state index contributed by atoms with van der Waals surface area (Å²) in [5.41, 5.74) is 14.8. The van der Waals surface area contributed by atoms with Crippen LogP contribution in [0.4, 0.5) is 11.4 Å². The predicted molar refractivity (Wildman–Crippen MR) is 154 cm³/mol. The molecule has 5 aromatic carbocycles. The van der Waals surface area contributed by atoms with Gasteiger partial charge >= 0.3 is 0 Å². The topological polar surface area (TPSA) is 12.0 Å². The zero-order chi connectivity index (χ0) is 24.8. The molecule has 0 bridgehead atoms. The fourth-order valence-corrected chi connectivity index (χ4v) is 6.76. The summed E-state index contributed by atoms with van der Waals surface area (Å²) in [6.45, 7) is 11.8. The van der Waals surface area contributed by atoms with Crippen molar-refractivity contribution < 1.29 is 0 Å². The average molecular weight is 466 g/mol. The van der Waals surface area contributed by atoms with Gasteiger partial charge in [-0.05, 0) is 104 Å². The number of para-hydroxylation sites is 1. The molecular weight excluding hydrogens is 434 g/mol. The van der Waals surface area contributed by atoms with Gasteiger partial charge in [-0.2, -0.15) is 0 Å². The zero-order valence-electron chi connectivity index (χ0n) is 21.7. The highest BCUT2D eigenvalue weighted by molar-refractivity contribution is 6.05. The van der Waals surface area contributed by atoms with Gasteiger partial charge in [-0.25, -0.2) is 0 Å².